The molecule has 1 aliphatic carbocycles. The van der Waals surface area contributed by atoms with E-state index in [1.54, 1.807) is 38.1 Å². The van der Waals surface area contributed by atoms with Crippen LogP contribution in [0.2, 0.25) is 0 Å². The van der Waals surface area contributed by atoms with E-state index in [2.05, 4.69) is 5.32 Å². The molecular formula is C28H28NO8P. The summed E-state index contributed by atoms with van der Waals surface area (Å²) in [5.74, 6) is -3.14. The molecule has 0 aliphatic heterocycles. The zero-order chi connectivity index (χ0) is 27.8. The minimum Gasteiger partial charge on any atom is -0.507 e. The summed E-state index contributed by atoms with van der Waals surface area (Å²) in [5.41, 5.74) is 0.506. The van der Waals surface area contributed by atoms with Gasteiger partial charge in [0.25, 0.3) is 5.91 Å². The highest BCUT2D eigenvalue weighted by Crippen LogP contribution is 2.63. The van der Waals surface area contributed by atoms with Gasteiger partial charge in [-0.15, -0.1) is 0 Å². The molecule has 0 radical (unpaired) electrons. The highest BCUT2D eigenvalue weighted by Gasteiger charge is 2.50. The molecule has 0 saturated heterocycles. The molecule has 0 heterocycles. The van der Waals surface area contributed by atoms with Crippen LogP contribution in [0.5, 0.6) is 11.5 Å². The molecule has 0 fully saturated rings. The van der Waals surface area contributed by atoms with Crippen molar-refractivity contribution in [3.63, 3.8) is 0 Å². The molecule has 3 aromatic carbocycles. The molecule has 0 aromatic heterocycles. The van der Waals surface area contributed by atoms with E-state index in [1.807, 2.05) is 6.92 Å². The van der Waals surface area contributed by atoms with Crippen molar-refractivity contribution in [3.8, 4) is 11.5 Å². The van der Waals surface area contributed by atoms with E-state index >= 15 is 0 Å². The molecule has 198 valence electrons. The van der Waals surface area contributed by atoms with Gasteiger partial charge in [0.1, 0.15) is 11.5 Å². The molecule has 10 heteroatoms. The van der Waals surface area contributed by atoms with Crippen molar-refractivity contribution in [2.75, 3.05) is 13.2 Å². The molecule has 1 aliphatic rings. The maximum absolute atomic E-state index is 14.0. The van der Waals surface area contributed by atoms with E-state index in [-0.39, 0.29) is 46.8 Å². The minimum absolute atomic E-state index is 0.0406. The lowest BCUT2D eigenvalue weighted by molar-refractivity contribution is 0.0906. The second kappa shape index (κ2) is 10.2. The maximum atomic E-state index is 14.0. The topological polar surface area (TPSA) is 139 Å². The number of rotatable bonds is 8. The molecule has 1 amide bonds. The number of aromatic hydroxyl groups is 2. The van der Waals surface area contributed by atoms with Crippen LogP contribution in [0.15, 0.2) is 54.6 Å². The highest BCUT2D eigenvalue weighted by molar-refractivity contribution is 7.55. The first kappa shape index (κ1) is 27.3. The molecule has 9 nitrogen and oxygen atoms in total. The molecule has 1 atom stereocenters. The number of aryl methyl sites for hydroxylation is 1. The van der Waals surface area contributed by atoms with E-state index in [1.165, 1.54) is 31.2 Å². The summed E-state index contributed by atoms with van der Waals surface area (Å²) in [7, 11) is -4.00. The van der Waals surface area contributed by atoms with Crippen LogP contribution in [0.3, 0.4) is 0 Å². The highest BCUT2D eigenvalue weighted by atomic mass is 31.2. The number of fused-ring (bicyclic) bond motifs is 2. The average molecular weight is 538 g/mol. The second-order valence-electron chi connectivity index (χ2n) is 9.00. The Kier molecular flexibility index (Phi) is 7.30. The summed E-state index contributed by atoms with van der Waals surface area (Å²) < 4.78 is 25.2. The number of phenolic OH excluding ortho intramolecular Hbond substituents is 2. The normalized spacial score (nSPS) is 14.4. The van der Waals surface area contributed by atoms with Crippen LogP contribution in [-0.4, -0.2) is 40.9 Å². The van der Waals surface area contributed by atoms with E-state index in [0.29, 0.717) is 5.56 Å². The number of carbonyl (C=O) groups excluding carboxylic acids is 3. The number of nitrogens with one attached hydrogen (secondary N) is 1. The summed E-state index contributed by atoms with van der Waals surface area (Å²) in [6.45, 7) is 6.82. The smallest absolute Gasteiger partial charge is 0.360 e. The summed E-state index contributed by atoms with van der Waals surface area (Å²) in [5, 5.41) is 22.0. The zero-order valence-corrected chi connectivity index (χ0v) is 22.3. The van der Waals surface area contributed by atoms with Crippen molar-refractivity contribution in [1.29, 1.82) is 0 Å². The lowest BCUT2D eigenvalue weighted by atomic mass is 9.82. The average Bonchev–Trinajstić information content (AvgIpc) is 2.87. The number of carbonyl (C=O) groups is 3. The third kappa shape index (κ3) is 4.43. The van der Waals surface area contributed by atoms with Gasteiger partial charge >= 0.3 is 7.60 Å². The van der Waals surface area contributed by atoms with Gasteiger partial charge in [-0.1, -0.05) is 42.0 Å². The molecule has 1 unspecified atom stereocenters. The van der Waals surface area contributed by atoms with E-state index in [4.69, 9.17) is 9.05 Å². The molecule has 0 bridgehead atoms. The predicted molar refractivity (Wildman–Crippen MR) is 140 cm³/mol. The van der Waals surface area contributed by atoms with E-state index < -0.39 is 36.1 Å². The third-order valence-electron chi connectivity index (χ3n) is 6.48. The van der Waals surface area contributed by atoms with Gasteiger partial charge in [-0.05, 0) is 51.5 Å². The maximum Gasteiger partial charge on any atom is 0.360 e. The lowest BCUT2D eigenvalue weighted by Crippen LogP contribution is -2.44. The standard InChI is InChI=1S/C28H28NO8P/c1-5-36-38(35,37-6-2)28(4,18-12-10-16(3)11-13-18)29-27(34)17-14-20-24(22(31)15-17)26(33)23-19(25(20)32)8-7-9-21(23)30/h7-15,30-31H,5-6H2,1-4H3,(H,29,34). The van der Waals surface area contributed by atoms with Crippen LogP contribution >= 0.6 is 7.60 Å². The Morgan fingerprint density at radius 3 is 2.11 bits per heavy atom. The molecule has 4 rings (SSSR count). The Bertz CT molecular complexity index is 1490. The molecule has 0 spiro atoms. The van der Waals surface area contributed by atoms with Crippen molar-refractivity contribution in [1.82, 2.24) is 5.32 Å². The van der Waals surface area contributed by atoms with Crippen LogP contribution in [-0.2, 0) is 18.9 Å². The van der Waals surface area contributed by atoms with Crippen LogP contribution in [0.25, 0.3) is 0 Å². The Hall–Kier alpha value is -3.78. The first-order valence-electron chi connectivity index (χ1n) is 12.0. The third-order valence-corrected chi connectivity index (χ3v) is 9.14. The van der Waals surface area contributed by atoms with Gasteiger partial charge in [0, 0.05) is 16.7 Å². The van der Waals surface area contributed by atoms with E-state index in [9.17, 15) is 29.2 Å². The summed E-state index contributed by atoms with van der Waals surface area (Å²) >= 11 is 0. The first-order valence-corrected chi connectivity index (χ1v) is 13.6. The van der Waals surface area contributed by atoms with Crippen LogP contribution < -0.4 is 5.32 Å². The van der Waals surface area contributed by atoms with Gasteiger partial charge in [-0.2, -0.15) is 0 Å². The number of hydrogen-bond donors (Lipinski definition) is 3. The van der Waals surface area contributed by atoms with Crippen molar-refractivity contribution >= 4 is 25.1 Å². The van der Waals surface area contributed by atoms with Crippen LogP contribution in [0.4, 0.5) is 0 Å². The summed E-state index contributed by atoms with van der Waals surface area (Å²) in [4.78, 5) is 39.9. The summed E-state index contributed by atoms with van der Waals surface area (Å²) in [6.07, 6.45) is 0. The summed E-state index contributed by atoms with van der Waals surface area (Å²) in [6, 6.07) is 13.3. The van der Waals surface area contributed by atoms with Crippen molar-refractivity contribution in [3.05, 3.63) is 93.5 Å². The molecular weight excluding hydrogens is 509 g/mol. The van der Waals surface area contributed by atoms with Gasteiger partial charge in [-0.25, -0.2) is 0 Å². The molecule has 3 N–H and O–H groups in total. The quantitative estimate of drug-likeness (QED) is 0.265. The Balaban J connectivity index is 1.81. The van der Waals surface area contributed by atoms with Crippen molar-refractivity contribution < 1.29 is 38.2 Å². The fraction of sp³-hybridized carbons (Fsp3) is 0.250. The second-order valence-corrected chi connectivity index (χ2v) is 11.4. The number of ketones is 2. The predicted octanol–water partition coefficient (Wildman–Crippen LogP) is 5.05. The number of benzene rings is 3. The SMILES string of the molecule is CCOP(=O)(OCC)C(C)(NC(=O)c1cc(O)c2c(c1)C(=O)c1cccc(O)c1C2=O)c1ccc(C)cc1. The van der Waals surface area contributed by atoms with Gasteiger partial charge < -0.3 is 24.6 Å². The Morgan fingerprint density at radius 1 is 0.895 bits per heavy atom. The number of hydrogen-bond acceptors (Lipinski definition) is 8. The molecule has 38 heavy (non-hydrogen) atoms. The monoisotopic (exact) mass is 537 g/mol. The lowest BCUT2D eigenvalue weighted by Gasteiger charge is -2.37. The zero-order valence-electron chi connectivity index (χ0n) is 21.4. The largest absolute Gasteiger partial charge is 0.507 e. The molecule has 3 aromatic rings. The van der Waals surface area contributed by atoms with Gasteiger partial charge in [0.2, 0.25) is 5.78 Å². The Morgan fingerprint density at radius 2 is 1.50 bits per heavy atom. The first-order chi connectivity index (χ1) is 18.0. The number of phenols is 2. The number of amides is 1. The fourth-order valence-corrected chi connectivity index (χ4v) is 6.49. The van der Waals surface area contributed by atoms with Crippen LogP contribution in [0.1, 0.15) is 74.1 Å². The Labute approximate surface area is 220 Å². The van der Waals surface area contributed by atoms with E-state index in [0.717, 1.165) is 11.6 Å². The van der Waals surface area contributed by atoms with Crippen LogP contribution in [0, 0.1) is 6.92 Å². The molecule has 0 saturated carbocycles. The minimum atomic E-state index is -4.00. The van der Waals surface area contributed by atoms with Gasteiger partial charge in [0.15, 0.2) is 11.1 Å². The van der Waals surface area contributed by atoms with Crippen molar-refractivity contribution in [2.45, 2.75) is 33.0 Å². The van der Waals surface area contributed by atoms with Gasteiger partial charge in [0.05, 0.1) is 24.3 Å². The fourth-order valence-electron chi connectivity index (χ4n) is 4.52. The van der Waals surface area contributed by atoms with Crippen molar-refractivity contribution in [2.24, 2.45) is 0 Å². The van der Waals surface area contributed by atoms with Gasteiger partial charge in [-0.3, -0.25) is 18.9 Å².